The largest absolute Gasteiger partial charge is 0.379 e. The van der Waals surface area contributed by atoms with Gasteiger partial charge in [0.15, 0.2) is 0 Å². The Morgan fingerprint density at radius 1 is 1.37 bits per heavy atom. The quantitative estimate of drug-likeness (QED) is 0.798. The molecule has 6 heteroatoms. The minimum absolute atomic E-state index is 0.753. The van der Waals surface area contributed by atoms with Crippen molar-refractivity contribution in [3.63, 3.8) is 0 Å². The van der Waals surface area contributed by atoms with Gasteiger partial charge in [0.2, 0.25) is 0 Å². The molecule has 0 aliphatic carbocycles. The average molecular weight is 291 g/mol. The zero-order valence-electron chi connectivity index (χ0n) is 9.95. The average Bonchev–Trinajstić information content (AvgIpc) is 3.08. The highest BCUT2D eigenvalue weighted by molar-refractivity contribution is 7.10. The van der Waals surface area contributed by atoms with Crippen LogP contribution in [0.3, 0.4) is 0 Å². The number of hydrogen-bond donors (Lipinski definition) is 1. The van der Waals surface area contributed by atoms with Crippen molar-refractivity contribution in [2.75, 3.05) is 5.32 Å². The van der Waals surface area contributed by atoms with Crippen molar-refractivity contribution < 1.29 is 0 Å². The molecule has 3 aromatic rings. The molecule has 19 heavy (non-hydrogen) atoms. The van der Waals surface area contributed by atoms with Crippen LogP contribution >= 0.6 is 22.9 Å². The first-order valence-corrected chi connectivity index (χ1v) is 6.98. The molecule has 0 amide bonds. The summed E-state index contributed by atoms with van der Waals surface area (Å²) in [7, 11) is 0. The van der Waals surface area contributed by atoms with Crippen LogP contribution in [0.25, 0.3) is 5.82 Å². The number of anilines is 1. The molecule has 4 nitrogen and oxygen atoms in total. The SMILES string of the molecule is Clc1csc(CNc2ccc(-n3ccnc3)nc2)c1. The molecule has 1 N–H and O–H groups in total. The number of rotatable bonds is 4. The minimum atomic E-state index is 0.753. The highest BCUT2D eigenvalue weighted by Gasteiger charge is 2.00. The maximum Gasteiger partial charge on any atom is 0.137 e. The van der Waals surface area contributed by atoms with Crippen molar-refractivity contribution in [2.45, 2.75) is 6.54 Å². The van der Waals surface area contributed by atoms with Gasteiger partial charge in [-0.1, -0.05) is 11.6 Å². The summed E-state index contributed by atoms with van der Waals surface area (Å²) in [6.07, 6.45) is 7.13. The summed E-state index contributed by atoms with van der Waals surface area (Å²) in [6.45, 7) is 0.753. The molecular formula is C13H11ClN4S. The molecular weight excluding hydrogens is 280 g/mol. The van der Waals surface area contributed by atoms with E-state index in [4.69, 9.17) is 11.6 Å². The number of thiophene rings is 1. The predicted octanol–water partition coefficient (Wildman–Crippen LogP) is 3.59. The summed E-state index contributed by atoms with van der Waals surface area (Å²) < 4.78 is 1.86. The van der Waals surface area contributed by atoms with Crippen LogP contribution in [0.5, 0.6) is 0 Å². The third-order valence-corrected chi connectivity index (χ3v) is 3.89. The van der Waals surface area contributed by atoms with Crippen LogP contribution in [0.4, 0.5) is 5.69 Å². The molecule has 0 spiro atoms. The number of nitrogens with zero attached hydrogens (tertiary/aromatic N) is 3. The van der Waals surface area contributed by atoms with E-state index in [0.29, 0.717) is 0 Å². The van der Waals surface area contributed by atoms with Gasteiger partial charge in [0.25, 0.3) is 0 Å². The van der Waals surface area contributed by atoms with Gasteiger partial charge in [0.1, 0.15) is 12.1 Å². The summed E-state index contributed by atoms with van der Waals surface area (Å²) in [6, 6.07) is 5.91. The topological polar surface area (TPSA) is 42.7 Å². The maximum absolute atomic E-state index is 5.88. The van der Waals surface area contributed by atoms with Gasteiger partial charge in [0, 0.05) is 29.2 Å². The van der Waals surface area contributed by atoms with Crippen LogP contribution in [-0.2, 0) is 6.54 Å². The van der Waals surface area contributed by atoms with Gasteiger partial charge in [-0.15, -0.1) is 11.3 Å². The highest BCUT2D eigenvalue weighted by Crippen LogP contribution is 2.20. The Morgan fingerprint density at radius 2 is 2.32 bits per heavy atom. The second-order valence-corrected chi connectivity index (χ2v) is 5.39. The second kappa shape index (κ2) is 5.42. The van der Waals surface area contributed by atoms with Crippen molar-refractivity contribution >= 4 is 28.6 Å². The third-order valence-electron chi connectivity index (χ3n) is 2.61. The first kappa shape index (κ1) is 12.2. The smallest absolute Gasteiger partial charge is 0.137 e. The summed E-state index contributed by atoms with van der Waals surface area (Å²) >= 11 is 7.52. The van der Waals surface area contributed by atoms with Crippen LogP contribution < -0.4 is 5.32 Å². The van der Waals surface area contributed by atoms with E-state index in [9.17, 15) is 0 Å². The van der Waals surface area contributed by atoms with E-state index in [-0.39, 0.29) is 0 Å². The molecule has 0 aromatic carbocycles. The van der Waals surface area contributed by atoms with Crippen molar-refractivity contribution in [2.24, 2.45) is 0 Å². The van der Waals surface area contributed by atoms with E-state index >= 15 is 0 Å². The van der Waals surface area contributed by atoms with Gasteiger partial charge in [-0.25, -0.2) is 9.97 Å². The predicted molar refractivity (Wildman–Crippen MR) is 78.0 cm³/mol. The Morgan fingerprint density at radius 3 is 2.95 bits per heavy atom. The standard InChI is InChI=1S/C13H11ClN4S/c14-10-5-12(19-8-10)7-16-11-1-2-13(17-6-11)18-4-3-15-9-18/h1-6,8-9,16H,7H2. The zero-order chi connectivity index (χ0) is 13.1. The number of halogens is 1. The fraction of sp³-hybridized carbons (Fsp3) is 0.0769. The van der Waals surface area contributed by atoms with Crippen LogP contribution in [0.1, 0.15) is 4.88 Å². The lowest BCUT2D eigenvalue weighted by molar-refractivity contribution is 0.991. The fourth-order valence-electron chi connectivity index (χ4n) is 1.67. The van der Waals surface area contributed by atoms with Crippen molar-refractivity contribution in [1.82, 2.24) is 14.5 Å². The van der Waals surface area contributed by atoms with Gasteiger partial charge in [-0.05, 0) is 18.2 Å². The number of nitrogens with one attached hydrogen (secondary N) is 1. The van der Waals surface area contributed by atoms with Crippen LogP contribution in [0.15, 0.2) is 48.5 Å². The Bertz CT molecular complexity index is 646. The fourth-order valence-corrected chi connectivity index (χ4v) is 2.69. The molecule has 96 valence electrons. The Hall–Kier alpha value is -1.85. The van der Waals surface area contributed by atoms with Gasteiger partial charge in [-0.3, -0.25) is 4.57 Å². The number of hydrogen-bond acceptors (Lipinski definition) is 4. The number of pyridine rings is 1. The number of aromatic nitrogens is 3. The Balaban J connectivity index is 1.66. The Labute approximate surface area is 119 Å². The van der Waals surface area contributed by atoms with Crippen LogP contribution in [-0.4, -0.2) is 14.5 Å². The normalized spacial score (nSPS) is 10.6. The van der Waals surface area contributed by atoms with E-state index < -0.39 is 0 Å². The molecule has 0 aliphatic heterocycles. The molecule has 3 rings (SSSR count). The number of imidazole rings is 1. The first-order valence-electron chi connectivity index (χ1n) is 5.72. The molecule has 3 aromatic heterocycles. The van der Waals surface area contributed by atoms with Crippen LogP contribution in [0, 0.1) is 0 Å². The lowest BCUT2D eigenvalue weighted by Crippen LogP contribution is -1.99. The zero-order valence-corrected chi connectivity index (χ0v) is 11.5. The van der Waals surface area contributed by atoms with E-state index in [1.165, 1.54) is 4.88 Å². The summed E-state index contributed by atoms with van der Waals surface area (Å²) in [5, 5.41) is 6.03. The first-order chi connectivity index (χ1) is 9.31. The molecule has 0 saturated carbocycles. The maximum atomic E-state index is 5.88. The summed E-state index contributed by atoms with van der Waals surface area (Å²) in [5.74, 6) is 0.849. The molecule has 0 radical (unpaired) electrons. The van der Waals surface area contributed by atoms with E-state index in [0.717, 1.165) is 23.1 Å². The lowest BCUT2D eigenvalue weighted by Gasteiger charge is -2.06. The van der Waals surface area contributed by atoms with Gasteiger partial charge in [0.05, 0.1) is 16.9 Å². The minimum Gasteiger partial charge on any atom is -0.379 e. The summed E-state index contributed by atoms with van der Waals surface area (Å²) in [4.78, 5) is 9.57. The molecule has 0 atom stereocenters. The van der Waals surface area contributed by atoms with Crippen LogP contribution in [0.2, 0.25) is 5.02 Å². The second-order valence-electron chi connectivity index (χ2n) is 3.96. The molecule has 0 fully saturated rings. The lowest BCUT2D eigenvalue weighted by atomic mass is 10.4. The van der Waals surface area contributed by atoms with Gasteiger partial charge >= 0.3 is 0 Å². The third kappa shape index (κ3) is 2.94. The van der Waals surface area contributed by atoms with Gasteiger partial charge in [-0.2, -0.15) is 0 Å². The molecule has 0 bridgehead atoms. The van der Waals surface area contributed by atoms with Gasteiger partial charge < -0.3 is 5.32 Å². The molecule has 0 saturated heterocycles. The van der Waals surface area contributed by atoms with Crippen molar-refractivity contribution in [1.29, 1.82) is 0 Å². The van der Waals surface area contributed by atoms with Crippen molar-refractivity contribution in [3.05, 3.63) is 58.4 Å². The molecule has 3 heterocycles. The molecule has 0 unspecified atom stereocenters. The van der Waals surface area contributed by atoms with Crippen molar-refractivity contribution in [3.8, 4) is 5.82 Å². The highest BCUT2D eigenvalue weighted by atomic mass is 35.5. The van der Waals surface area contributed by atoms with E-state index in [1.807, 2.05) is 40.5 Å². The van der Waals surface area contributed by atoms with E-state index in [1.54, 1.807) is 23.9 Å². The Kier molecular flexibility index (Phi) is 3.48. The molecule has 0 aliphatic rings. The van der Waals surface area contributed by atoms with E-state index in [2.05, 4.69) is 15.3 Å². The monoisotopic (exact) mass is 290 g/mol. The summed E-state index contributed by atoms with van der Waals surface area (Å²) in [5.41, 5.74) is 0.980.